The Morgan fingerprint density at radius 2 is 1.75 bits per heavy atom. The summed E-state index contributed by atoms with van der Waals surface area (Å²) in [6.07, 6.45) is 12.6. The molecule has 0 aromatic carbocycles. The van der Waals surface area contributed by atoms with E-state index < -0.39 is 0 Å². The van der Waals surface area contributed by atoms with Gasteiger partial charge in [0.2, 0.25) is 0 Å². The van der Waals surface area contributed by atoms with Gasteiger partial charge in [-0.1, -0.05) is 6.07 Å². The van der Waals surface area contributed by atoms with Gasteiger partial charge in [-0.2, -0.15) is 0 Å². The van der Waals surface area contributed by atoms with Crippen LogP contribution in [0.15, 0.2) is 24.5 Å². The standard InChI is InChI=1S/C17H27N3/c1-2-4-11-20(10-3-1)17-7-12-19(13-8-17)15-16-6-5-9-18-14-16/h5-6,9,14,17H,1-4,7-8,10-13,15H2/p+2. The van der Waals surface area contributed by atoms with Crippen molar-refractivity contribution in [1.29, 1.82) is 0 Å². The number of hydrogen-bond acceptors (Lipinski definition) is 1. The molecule has 2 saturated heterocycles. The average Bonchev–Trinajstić information content (AvgIpc) is 2.78. The van der Waals surface area contributed by atoms with Crippen LogP contribution in [-0.2, 0) is 6.54 Å². The van der Waals surface area contributed by atoms with Crippen LogP contribution in [-0.4, -0.2) is 37.2 Å². The SMILES string of the molecule is c1cncc(C[NH+]2CCC([NH+]3CCCCCC3)CC2)c1. The van der Waals surface area contributed by atoms with Crippen molar-refractivity contribution in [3.05, 3.63) is 30.1 Å². The molecule has 0 saturated carbocycles. The third-order valence-electron chi connectivity index (χ3n) is 5.19. The van der Waals surface area contributed by atoms with Gasteiger partial charge in [0, 0.05) is 30.8 Å². The zero-order valence-electron chi connectivity index (χ0n) is 12.6. The normalized spacial score (nSPS) is 29.0. The van der Waals surface area contributed by atoms with Crippen molar-refractivity contribution in [3.8, 4) is 0 Å². The quantitative estimate of drug-likeness (QED) is 0.802. The third-order valence-corrected chi connectivity index (χ3v) is 5.19. The number of pyridine rings is 1. The van der Waals surface area contributed by atoms with Crippen molar-refractivity contribution in [2.24, 2.45) is 0 Å². The highest BCUT2D eigenvalue weighted by Gasteiger charge is 2.30. The number of likely N-dealkylation sites (tertiary alicyclic amines) is 2. The minimum absolute atomic E-state index is 0.950. The number of piperidine rings is 1. The van der Waals surface area contributed by atoms with E-state index in [9.17, 15) is 0 Å². The average molecular weight is 275 g/mol. The van der Waals surface area contributed by atoms with Crippen LogP contribution in [0.5, 0.6) is 0 Å². The van der Waals surface area contributed by atoms with E-state index in [1.165, 1.54) is 70.3 Å². The summed E-state index contributed by atoms with van der Waals surface area (Å²) in [5.74, 6) is 0. The van der Waals surface area contributed by atoms with Crippen molar-refractivity contribution in [2.75, 3.05) is 26.2 Å². The molecule has 0 amide bonds. The predicted molar refractivity (Wildman–Crippen MR) is 80.8 cm³/mol. The highest BCUT2D eigenvalue weighted by atomic mass is 15.2. The van der Waals surface area contributed by atoms with Crippen molar-refractivity contribution >= 4 is 0 Å². The monoisotopic (exact) mass is 275 g/mol. The van der Waals surface area contributed by atoms with Crippen LogP contribution in [0.1, 0.15) is 44.1 Å². The molecule has 3 heterocycles. The molecular weight excluding hydrogens is 246 g/mol. The second-order valence-corrected chi connectivity index (χ2v) is 6.63. The van der Waals surface area contributed by atoms with Crippen LogP contribution < -0.4 is 9.80 Å². The number of nitrogens with one attached hydrogen (secondary N) is 2. The van der Waals surface area contributed by atoms with Crippen LogP contribution >= 0.6 is 0 Å². The summed E-state index contributed by atoms with van der Waals surface area (Å²) in [5, 5.41) is 0. The Bertz CT molecular complexity index is 376. The number of hydrogen-bond donors (Lipinski definition) is 2. The predicted octanol–water partition coefficient (Wildman–Crippen LogP) is 0.0878. The fourth-order valence-corrected chi connectivity index (χ4v) is 3.99. The van der Waals surface area contributed by atoms with Gasteiger partial charge in [-0.05, 0) is 31.7 Å². The first-order chi connectivity index (χ1) is 9.92. The molecular formula is C17H29N3+2. The van der Waals surface area contributed by atoms with Gasteiger partial charge in [0.05, 0.1) is 32.2 Å². The van der Waals surface area contributed by atoms with E-state index in [0.29, 0.717) is 0 Å². The molecule has 2 aliphatic rings. The number of aromatic nitrogens is 1. The van der Waals surface area contributed by atoms with Crippen LogP contribution in [0.25, 0.3) is 0 Å². The van der Waals surface area contributed by atoms with Gasteiger partial charge in [-0.25, -0.2) is 0 Å². The largest absolute Gasteiger partial charge is 0.332 e. The summed E-state index contributed by atoms with van der Waals surface area (Å²) in [4.78, 5) is 7.90. The van der Waals surface area contributed by atoms with Gasteiger partial charge in [-0.3, -0.25) is 4.98 Å². The summed E-state index contributed by atoms with van der Waals surface area (Å²) in [6.45, 7) is 6.73. The van der Waals surface area contributed by atoms with Crippen LogP contribution in [0.4, 0.5) is 0 Å². The lowest BCUT2D eigenvalue weighted by atomic mass is 10.0. The Kier molecular flexibility index (Phi) is 5.04. The molecule has 110 valence electrons. The maximum atomic E-state index is 4.23. The Morgan fingerprint density at radius 1 is 1.00 bits per heavy atom. The molecule has 2 fully saturated rings. The van der Waals surface area contributed by atoms with E-state index in [1.807, 2.05) is 17.3 Å². The summed E-state index contributed by atoms with van der Waals surface area (Å²) >= 11 is 0. The first kappa shape index (κ1) is 14.0. The van der Waals surface area contributed by atoms with Crippen LogP contribution in [0.2, 0.25) is 0 Å². The van der Waals surface area contributed by atoms with Gasteiger partial charge >= 0.3 is 0 Å². The van der Waals surface area contributed by atoms with E-state index in [2.05, 4.69) is 17.1 Å². The lowest BCUT2D eigenvalue weighted by Crippen LogP contribution is -3.20. The smallest absolute Gasteiger partial charge is 0.104 e. The van der Waals surface area contributed by atoms with Crippen LogP contribution in [0.3, 0.4) is 0 Å². The fourth-order valence-electron chi connectivity index (χ4n) is 3.99. The topological polar surface area (TPSA) is 21.8 Å². The molecule has 3 heteroatoms. The minimum Gasteiger partial charge on any atom is -0.332 e. The molecule has 2 N–H and O–H groups in total. The first-order valence-electron chi connectivity index (χ1n) is 8.49. The highest BCUT2D eigenvalue weighted by Crippen LogP contribution is 2.03. The summed E-state index contributed by atoms with van der Waals surface area (Å²) in [5.41, 5.74) is 1.39. The van der Waals surface area contributed by atoms with Crippen molar-refractivity contribution in [3.63, 3.8) is 0 Å². The van der Waals surface area contributed by atoms with E-state index in [1.54, 1.807) is 4.90 Å². The molecule has 0 atom stereocenters. The molecule has 0 bridgehead atoms. The minimum atomic E-state index is 0.950. The number of rotatable bonds is 3. The molecule has 20 heavy (non-hydrogen) atoms. The lowest BCUT2D eigenvalue weighted by Gasteiger charge is -2.33. The molecule has 2 aliphatic heterocycles. The summed E-state index contributed by atoms with van der Waals surface area (Å²) < 4.78 is 0. The molecule has 0 spiro atoms. The van der Waals surface area contributed by atoms with Crippen molar-refractivity contribution in [1.82, 2.24) is 4.98 Å². The van der Waals surface area contributed by atoms with Gasteiger partial charge in [-0.15, -0.1) is 0 Å². The maximum Gasteiger partial charge on any atom is 0.104 e. The molecule has 3 nitrogen and oxygen atoms in total. The Hall–Kier alpha value is -0.930. The molecule has 1 aromatic heterocycles. The highest BCUT2D eigenvalue weighted by molar-refractivity contribution is 5.06. The number of nitrogens with zero attached hydrogens (tertiary/aromatic N) is 1. The molecule has 1 aromatic rings. The Labute approximate surface area is 123 Å². The van der Waals surface area contributed by atoms with Crippen molar-refractivity contribution < 1.29 is 9.80 Å². The van der Waals surface area contributed by atoms with Gasteiger partial charge < -0.3 is 9.80 Å². The van der Waals surface area contributed by atoms with E-state index in [-0.39, 0.29) is 0 Å². The fraction of sp³-hybridized carbons (Fsp3) is 0.706. The lowest BCUT2D eigenvalue weighted by molar-refractivity contribution is -0.963. The summed E-state index contributed by atoms with van der Waals surface area (Å²) in [7, 11) is 0. The van der Waals surface area contributed by atoms with Gasteiger partial charge in [0.1, 0.15) is 6.54 Å². The number of quaternary nitrogens is 2. The molecule has 3 rings (SSSR count). The van der Waals surface area contributed by atoms with E-state index in [4.69, 9.17) is 0 Å². The Morgan fingerprint density at radius 3 is 2.40 bits per heavy atom. The van der Waals surface area contributed by atoms with Gasteiger partial charge in [0.15, 0.2) is 0 Å². The summed E-state index contributed by atoms with van der Waals surface area (Å²) in [6, 6.07) is 5.22. The molecule has 0 radical (unpaired) electrons. The van der Waals surface area contributed by atoms with Crippen molar-refractivity contribution in [2.45, 2.75) is 51.1 Å². The maximum absolute atomic E-state index is 4.23. The van der Waals surface area contributed by atoms with Gasteiger partial charge in [0.25, 0.3) is 0 Å². The second-order valence-electron chi connectivity index (χ2n) is 6.63. The van der Waals surface area contributed by atoms with Crippen LogP contribution in [0, 0.1) is 0 Å². The zero-order valence-corrected chi connectivity index (χ0v) is 12.6. The first-order valence-corrected chi connectivity index (χ1v) is 8.49. The van der Waals surface area contributed by atoms with E-state index >= 15 is 0 Å². The van der Waals surface area contributed by atoms with E-state index in [0.717, 1.165) is 12.6 Å². The third kappa shape index (κ3) is 3.80. The second kappa shape index (κ2) is 7.19. The zero-order chi connectivity index (χ0) is 13.6. The molecule has 0 unspecified atom stereocenters. The molecule has 0 aliphatic carbocycles. The Balaban J connectivity index is 1.46.